The predicted octanol–water partition coefficient (Wildman–Crippen LogP) is 3.23. The van der Waals surface area contributed by atoms with Gasteiger partial charge in [-0.15, -0.1) is 0 Å². The Morgan fingerprint density at radius 3 is 2.53 bits per heavy atom. The number of hydrogen-bond donors (Lipinski definition) is 1. The van der Waals surface area contributed by atoms with Crippen molar-refractivity contribution in [3.8, 4) is 0 Å². The third-order valence-electron chi connectivity index (χ3n) is 3.52. The second-order valence-electron chi connectivity index (χ2n) is 5.55. The maximum Gasteiger partial charge on any atom is 0.126 e. The number of likely N-dealkylation sites (N-methyl/N-ethyl adjacent to an activating group) is 1. The molecule has 1 atom stereocenters. The lowest BCUT2D eigenvalue weighted by Gasteiger charge is -2.28. The fraction of sp³-hybridized carbons (Fsp3) is 0.438. The monoisotopic (exact) mass is 257 g/mol. The lowest BCUT2D eigenvalue weighted by atomic mass is 10.0. The summed E-state index contributed by atoms with van der Waals surface area (Å²) in [5, 5.41) is 4.63. The Hall–Kier alpha value is -1.61. The predicted molar refractivity (Wildman–Crippen MR) is 82.5 cm³/mol. The normalized spacial score (nSPS) is 13.2. The highest BCUT2D eigenvalue weighted by molar-refractivity contribution is 5.80. The van der Waals surface area contributed by atoms with Crippen molar-refractivity contribution in [2.45, 2.75) is 19.9 Å². The standard InChI is InChI=1S/C16H23N3/c1-12(2)15(19(3)4)11-17-16-10-9-13-7-5-6-8-14(13)18-16/h5-10,12,15H,11H2,1-4H3,(H,17,18)/t15-/m0/s1. The number of anilines is 1. The first kappa shape index (κ1) is 13.8. The van der Waals surface area contributed by atoms with Crippen molar-refractivity contribution in [3.63, 3.8) is 0 Å². The summed E-state index contributed by atoms with van der Waals surface area (Å²) < 4.78 is 0. The lowest BCUT2D eigenvalue weighted by Crippen LogP contribution is -2.38. The van der Waals surface area contributed by atoms with Crippen molar-refractivity contribution in [2.24, 2.45) is 5.92 Å². The first-order valence-electron chi connectivity index (χ1n) is 6.84. The van der Waals surface area contributed by atoms with Crippen LogP contribution in [0.3, 0.4) is 0 Å². The number of para-hydroxylation sites is 1. The van der Waals surface area contributed by atoms with E-state index in [2.05, 4.69) is 61.3 Å². The minimum atomic E-state index is 0.508. The number of pyridine rings is 1. The number of hydrogen-bond acceptors (Lipinski definition) is 3. The SMILES string of the molecule is CC(C)[C@H](CNc1ccc2ccccc2n1)N(C)C. The molecule has 0 bridgehead atoms. The van der Waals surface area contributed by atoms with Crippen molar-refractivity contribution in [2.75, 3.05) is 26.0 Å². The van der Waals surface area contributed by atoms with Gasteiger partial charge in [-0.1, -0.05) is 32.0 Å². The Kier molecular flexibility index (Phi) is 4.38. The average molecular weight is 257 g/mol. The summed E-state index contributed by atoms with van der Waals surface area (Å²) in [6, 6.07) is 12.9. The molecule has 0 unspecified atom stereocenters. The van der Waals surface area contributed by atoms with Crippen LogP contribution >= 0.6 is 0 Å². The summed E-state index contributed by atoms with van der Waals surface area (Å²) >= 11 is 0. The number of rotatable bonds is 5. The van der Waals surface area contributed by atoms with Crippen molar-refractivity contribution in [3.05, 3.63) is 36.4 Å². The van der Waals surface area contributed by atoms with Gasteiger partial charge in [0, 0.05) is 18.0 Å². The molecule has 0 aliphatic carbocycles. The molecule has 0 fully saturated rings. The molecule has 0 saturated carbocycles. The zero-order valence-electron chi connectivity index (χ0n) is 12.2. The third-order valence-corrected chi connectivity index (χ3v) is 3.52. The maximum atomic E-state index is 4.64. The Morgan fingerprint density at radius 1 is 1.11 bits per heavy atom. The third kappa shape index (κ3) is 3.44. The molecule has 1 N–H and O–H groups in total. The summed E-state index contributed by atoms with van der Waals surface area (Å²) in [6.45, 7) is 5.41. The summed E-state index contributed by atoms with van der Waals surface area (Å²) in [5.74, 6) is 1.56. The lowest BCUT2D eigenvalue weighted by molar-refractivity contribution is 0.243. The van der Waals surface area contributed by atoms with Gasteiger partial charge in [-0.05, 0) is 38.2 Å². The van der Waals surface area contributed by atoms with E-state index in [1.165, 1.54) is 5.39 Å². The van der Waals surface area contributed by atoms with Crippen LogP contribution in [-0.2, 0) is 0 Å². The van der Waals surface area contributed by atoms with Crippen molar-refractivity contribution in [1.29, 1.82) is 0 Å². The van der Waals surface area contributed by atoms with Crippen LogP contribution in [0.4, 0.5) is 5.82 Å². The molecule has 0 saturated heterocycles. The summed E-state index contributed by atoms with van der Waals surface area (Å²) in [4.78, 5) is 6.90. The van der Waals surface area contributed by atoms with Crippen molar-refractivity contribution < 1.29 is 0 Å². The minimum Gasteiger partial charge on any atom is -0.368 e. The molecule has 3 heteroatoms. The number of fused-ring (bicyclic) bond motifs is 1. The smallest absolute Gasteiger partial charge is 0.126 e. The zero-order chi connectivity index (χ0) is 13.8. The highest BCUT2D eigenvalue weighted by Crippen LogP contribution is 2.15. The summed E-state index contributed by atoms with van der Waals surface area (Å²) in [5.41, 5.74) is 1.04. The van der Waals surface area contributed by atoms with Gasteiger partial charge in [-0.25, -0.2) is 4.98 Å². The molecule has 0 aliphatic rings. The van der Waals surface area contributed by atoms with E-state index in [1.54, 1.807) is 0 Å². The topological polar surface area (TPSA) is 28.2 Å². The molecule has 1 heterocycles. The van der Waals surface area contributed by atoms with E-state index in [0.717, 1.165) is 17.9 Å². The number of nitrogens with zero attached hydrogens (tertiary/aromatic N) is 2. The molecule has 3 nitrogen and oxygen atoms in total. The highest BCUT2D eigenvalue weighted by Gasteiger charge is 2.15. The van der Waals surface area contributed by atoms with E-state index < -0.39 is 0 Å². The second-order valence-corrected chi connectivity index (χ2v) is 5.55. The van der Waals surface area contributed by atoms with Gasteiger partial charge in [-0.2, -0.15) is 0 Å². The van der Waals surface area contributed by atoms with Crippen LogP contribution in [0.2, 0.25) is 0 Å². The molecular formula is C16H23N3. The fourth-order valence-electron chi connectivity index (χ4n) is 2.39. The van der Waals surface area contributed by atoms with Gasteiger partial charge in [0.15, 0.2) is 0 Å². The average Bonchev–Trinajstić information content (AvgIpc) is 2.38. The Morgan fingerprint density at radius 2 is 1.84 bits per heavy atom. The largest absolute Gasteiger partial charge is 0.368 e. The van der Waals surface area contributed by atoms with Gasteiger partial charge in [0.2, 0.25) is 0 Å². The number of benzene rings is 1. The van der Waals surface area contributed by atoms with Crippen LogP contribution < -0.4 is 5.32 Å². The maximum absolute atomic E-state index is 4.64. The minimum absolute atomic E-state index is 0.508. The Bertz CT molecular complexity index is 526. The zero-order valence-corrected chi connectivity index (χ0v) is 12.2. The Balaban J connectivity index is 2.09. The van der Waals surface area contributed by atoms with Crippen LogP contribution in [0, 0.1) is 5.92 Å². The number of nitrogens with one attached hydrogen (secondary N) is 1. The quantitative estimate of drug-likeness (QED) is 0.891. The van der Waals surface area contributed by atoms with Gasteiger partial charge in [-0.3, -0.25) is 0 Å². The first-order valence-corrected chi connectivity index (χ1v) is 6.84. The van der Waals surface area contributed by atoms with E-state index in [-0.39, 0.29) is 0 Å². The Labute approximate surface area is 115 Å². The van der Waals surface area contributed by atoms with E-state index in [9.17, 15) is 0 Å². The molecule has 19 heavy (non-hydrogen) atoms. The van der Waals surface area contributed by atoms with Crippen LogP contribution in [0.5, 0.6) is 0 Å². The molecule has 0 radical (unpaired) electrons. The van der Waals surface area contributed by atoms with E-state index in [4.69, 9.17) is 0 Å². The molecular weight excluding hydrogens is 234 g/mol. The van der Waals surface area contributed by atoms with Gasteiger partial charge in [0.25, 0.3) is 0 Å². The highest BCUT2D eigenvalue weighted by atomic mass is 15.1. The molecule has 2 aromatic rings. The molecule has 1 aromatic heterocycles. The molecule has 0 amide bonds. The van der Waals surface area contributed by atoms with Crippen LogP contribution in [0.15, 0.2) is 36.4 Å². The molecule has 0 spiro atoms. The molecule has 1 aromatic carbocycles. The fourth-order valence-corrected chi connectivity index (χ4v) is 2.39. The number of aromatic nitrogens is 1. The van der Waals surface area contributed by atoms with Gasteiger partial charge < -0.3 is 10.2 Å². The van der Waals surface area contributed by atoms with Gasteiger partial charge in [0.1, 0.15) is 5.82 Å². The van der Waals surface area contributed by atoms with E-state index in [0.29, 0.717) is 12.0 Å². The molecule has 0 aliphatic heterocycles. The summed E-state index contributed by atoms with van der Waals surface area (Å²) in [6.07, 6.45) is 0. The van der Waals surface area contributed by atoms with Crippen molar-refractivity contribution in [1.82, 2.24) is 9.88 Å². The molecule has 102 valence electrons. The van der Waals surface area contributed by atoms with Gasteiger partial charge >= 0.3 is 0 Å². The molecule has 2 rings (SSSR count). The van der Waals surface area contributed by atoms with E-state index >= 15 is 0 Å². The van der Waals surface area contributed by atoms with Gasteiger partial charge in [0.05, 0.1) is 5.52 Å². The van der Waals surface area contributed by atoms with Crippen molar-refractivity contribution >= 4 is 16.7 Å². The first-order chi connectivity index (χ1) is 9.08. The van der Waals surface area contributed by atoms with Crippen LogP contribution in [0.1, 0.15) is 13.8 Å². The summed E-state index contributed by atoms with van der Waals surface area (Å²) in [7, 11) is 4.25. The van der Waals surface area contributed by atoms with E-state index in [1.807, 2.05) is 18.2 Å². The van der Waals surface area contributed by atoms with Crippen LogP contribution in [0.25, 0.3) is 10.9 Å². The van der Waals surface area contributed by atoms with Crippen LogP contribution in [-0.4, -0.2) is 36.6 Å². The second kappa shape index (κ2) is 6.02.